The summed E-state index contributed by atoms with van der Waals surface area (Å²) in [5, 5.41) is 3.34. The maximum absolute atomic E-state index is 11.5. The fraction of sp³-hybridized carbons (Fsp3) is 0.583. The fourth-order valence-corrected chi connectivity index (χ4v) is 1.47. The molecule has 1 heterocycles. The molecule has 0 aliphatic heterocycles. The van der Waals surface area contributed by atoms with Crippen molar-refractivity contribution < 1.29 is 4.79 Å². The lowest BCUT2D eigenvalue weighted by atomic mass is 10.2. The summed E-state index contributed by atoms with van der Waals surface area (Å²) in [7, 11) is 5.57. The minimum absolute atomic E-state index is 0.160. The summed E-state index contributed by atoms with van der Waals surface area (Å²) in [6.07, 6.45) is 4.64. The van der Waals surface area contributed by atoms with Crippen LogP contribution in [0.4, 0.5) is 0 Å². The lowest BCUT2D eigenvalue weighted by Crippen LogP contribution is -2.32. The number of carbonyl (C=O) groups is 1. The topological polar surface area (TPSA) is 37.3 Å². The number of nitrogens with zero attached hydrogens (tertiary/aromatic N) is 2. The van der Waals surface area contributed by atoms with Crippen LogP contribution in [-0.2, 0) is 18.4 Å². The van der Waals surface area contributed by atoms with Gasteiger partial charge < -0.3 is 14.8 Å². The van der Waals surface area contributed by atoms with E-state index in [-0.39, 0.29) is 11.9 Å². The van der Waals surface area contributed by atoms with Crippen molar-refractivity contribution in [2.45, 2.75) is 25.9 Å². The molecule has 1 unspecified atom stereocenters. The standard InChI is InChI=1S/C12H21N3O/c1-10(7-12(16)14(2)3)13-8-11-5-6-15(4)9-11/h5-6,9-10,13H,7-8H2,1-4H3. The molecule has 1 rings (SSSR count). The van der Waals surface area contributed by atoms with Gasteiger partial charge in [0.25, 0.3) is 0 Å². The van der Waals surface area contributed by atoms with E-state index in [1.807, 2.05) is 24.7 Å². The lowest BCUT2D eigenvalue weighted by Gasteiger charge is -2.16. The van der Waals surface area contributed by atoms with Crippen molar-refractivity contribution in [2.24, 2.45) is 7.05 Å². The minimum atomic E-state index is 0.160. The molecule has 1 amide bonds. The zero-order chi connectivity index (χ0) is 12.1. The molecular formula is C12H21N3O. The van der Waals surface area contributed by atoms with Crippen molar-refractivity contribution in [3.8, 4) is 0 Å². The highest BCUT2D eigenvalue weighted by molar-refractivity contribution is 5.76. The van der Waals surface area contributed by atoms with Crippen LogP contribution >= 0.6 is 0 Å². The van der Waals surface area contributed by atoms with Gasteiger partial charge in [-0.05, 0) is 18.6 Å². The lowest BCUT2D eigenvalue weighted by molar-refractivity contribution is -0.129. The minimum Gasteiger partial charge on any atom is -0.357 e. The highest BCUT2D eigenvalue weighted by atomic mass is 16.2. The van der Waals surface area contributed by atoms with Crippen molar-refractivity contribution in [3.63, 3.8) is 0 Å². The Labute approximate surface area is 97.2 Å². The molecule has 0 spiro atoms. The van der Waals surface area contributed by atoms with E-state index in [0.717, 1.165) is 6.54 Å². The summed E-state index contributed by atoms with van der Waals surface area (Å²) in [6, 6.07) is 2.28. The van der Waals surface area contributed by atoms with Crippen molar-refractivity contribution >= 4 is 5.91 Å². The Hall–Kier alpha value is -1.29. The maximum atomic E-state index is 11.5. The largest absolute Gasteiger partial charge is 0.357 e. The first-order valence-electron chi connectivity index (χ1n) is 5.53. The van der Waals surface area contributed by atoms with Gasteiger partial charge in [0, 0.05) is 52.5 Å². The van der Waals surface area contributed by atoms with Gasteiger partial charge >= 0.3 is 0 Å². The third kappa shape index (κ3) is 4.06. The molecule has 0 aliphatic rings. The van der Waals surface area contributed by atoms with Crippen LogP contribution in [-0.4, -0.2) is 35.5 Å². The Bertz CT molecular complexity index is 344. The molecule has 0 saturated heterocycles. The quantitative estimate of drug-likeness (QED) is 0.808. The second-order valence-electron chi connectivity index (χ2n) is 4.46. The molecule has 0 fully saturated rings. The first-order chi connectivity index (χ1) is 7.49. The van der Waals surface area contributed by atoms with Crippen molar-refractivity contribution in [2.75, 3.05) is 14.1 Å². The predicted molar refractivity (Wildman–Crippen MR) is 65.0 cm³/mol. The number of amides is 1. The molecule has 4 heteroatoms. The molecule has 1 aromatic rings. The van der Waals surface area contributed by atoms with Crippen molar-refractivity contribution in [1.82, 2.24) is 14.8 Å². The van der Waals surface area contributed by atoms with Crippen LogP contribution in [0, 0.1) is 0 Å². The summed E-state index contributed by atoms with van der Waals surface area (Å²) in [4.78, 5) is 13.1. The zero-order valence-electron chi connectivity index (χ0n) is 10.5. The van der Waals surface area contributed by atoms with Gasteiger partial charge in [-0.1, -0.05) is 0 Å². The van der Waals surface area contributed by atoms with Crippen LogP contribution in [0.5, 0.6) is 0 Å². The molecule has 0 bridgehead atoms. The number of aromatic nitrogens is 1. The third-order valence-electron chi connectivity index (χ3n) is 2.53. The molecule has 90 valence electrons. The summed E-state index contributed by atoms with van der Waals surface area (Å²) in [5.41, 5.74) is 1.24. The van der Waals surface area contributed by atoms with Gasteiger partial charge in [0.15, 0.2) is 0 Å². The smallest absolute Gasteiger partial charge is 0.223 e. The van der Waals surface area contributed by atoms with Gasteiger partial charge in [-0.15, -0.1) is 0 Å². The molecule has 1 aromatic heterocycles. The first-order valence-corrected chi connectivity index (χ1v) is 5.53. The summed E-state index contributed by atoms with van der Waals surface area (Å²) in [5.74, 6) is 0.160. The number of rotatable bonds is 5. The molecule has 0 saturated carbocycles. The average Bonchev–Trinajstić information content (AvgIpc) is 2.61. The number of hydrogen-bond acceptors (Lipinski definition) is 2. The van der Waals surface area contributed by atoms with Gasteiger partial charge in [0.1, 0.15) is 0 Å². The molecule has 0 aromatic carbocycles. The van der Waals surface area contributed by atoms with Gasteiger partial charge in [-0.25, -0.2) is 0 Å². The summed E-state index contributed by atoms with van der Waals surface area (Å²) >= 11 is 0. The van der Waals surface area contributed by atoms with Gasteiger partial charge in [0.05, 0.1) is 0 Å². The van der Waals surface area contributed by atoms with E-state index in [1.54, 1.807) is 19.0 Å². The molecule has 4 nitrogen and oxygen atoms in total. The second-order valence-corrected chi connectivity index (χ2v) is 4.46. The van der Waals surface area contributed by atoms with E-state index < -0.39 is 0 Å². The highest BCUT2D eigenvalue weighted by Crippen LogP contribution is 2.01. The second kappa shape index (κ2) is 5.70. The van der Waals surface area contributed by atoms with Crippen molar-refractivity contribution in [1.29, 1.82) is 0 Å². The number of aryl methyl sites for hydroxylation is 1. The van der Waals surface area contributed by atoms with E-state index in [4.69, 9.17) is 0 Å². The first kappa shape index (κ1) is 12.8. The van der Waals surface area contributed by atoms with Crippen LogP contribution in [0.3, 0.4) is 0 Å². The average molecular weight is 223 g/mol. The number of carbonyl (C=O) groups excluding carboxylic acids is 1. The Balaban J connectivity index is 2.30. The Morgan fingerprint density at radius 3 is 2.75 bits per heavy atom. The SMILES string of the molecule is CC(CC(=O)N(C)C)NCc1ccn(C)c1. The Morgan fingerprint density at radius 2 is 2.25 bits per heavy atom. The monoisotopic (exact) mass is 223 g/mol. The Morgan fingerprint density at radius 1 is 1.56 bits per heavy atom. The zero-order valence-corrected chi connectivity index (χ0v) is 10.5. The van der Waals surface area contributed by atoms with Crippen LogP contribution in [0.1, 0.15) is 18.9 Å². The van der Waals surface area contributed by atoms with E-state index in [9.17, 15) is 4.79 Å². The van der Waals surface area contributed by atoms with Crippen LogP contribution in [0.25, 0.3) is 0 Å². The summed E-state index contributed by atoms with van der Waals surface area (Å²) < 4.78 is 2.02. The van der Waals surface area contributed by atoms with Crippen LogP contribution < -0.4 is 5.32 Å². The molecule has 16 heavy (non-hydrogen) atoms. The molecule has 1 N–H and O–H groups in total. The molecule has 0 radical (unpaired) electrons. The van der Waals surface area contributed by atoms with E-state index in [0.29, 0.717) is 6.42 Å². The molecular weight excluding hydrogens is 202 g/mol. The normalized spacial score (nSPS) is 12.5. The summed E-state index contributed by atoms with van der Waals surface area (Å²) in [6.45, 7) is 2.84. The van der Waals surface area contributed by atoms with E-state index in [1.165, 1.54) is 5.56 Å². The van der Waals surface area contributed by atoms with Crippen LogP contribution in [0.2, 0.25) is 0 Å². The predicted octanol–water partition coefficient (Wildman–Crippen LogP) is 0.981. The van der Waals surface area contributed by atoms with Gasteiger partial charge in [-0.3, -0.25) is 4.79 Å². The van der Waals surface area contributed by atoms with E-state index >= 15 is 0 Å². The third-order valence-corrected chi connectivity index (χ3v) is 2.53. The molecule has 0 aliphatic carbocycles. The maximum Gasteiger partial charge on any atom is 0.223 e. The van der Waals surface area contributed by atoms with Crippen LogP contribution in [0.15, 0.2) is 18.5 Å². The van der Waals surface area contributed by atoms with Crippen molar-refractivity contribution in [3.05, 3.63) is 24.0 Å². The van der Waals surface area contributed by atoms with Gasteiger partial charge in [-0.2, -0.15) is 0 Å². The highest BCUT2D eigenvalue weighted by Gasteiger charge is 2.10. The molecule has 1 atom stereocenters. The number of hydrogen-bond donors (Lipinski definition) is 1. The van der Waals surface area contributed by atoms with E-state index in [2.05, 4.69) is 17.6 Å². The van der Waals surface area contributed by atoms with Gasteiger partial charge in [0.2, 0.25) is 5.91 Å². The Kier molecular flexibility index (Phi) is 4.55. The number of nitrogens with one attached hydrogen (secondary N) is 1. The fourth-order valence-electron chi connectivity index (χ4n) is 1.47.